The van der Waals surface area contributed by atoms with Gasteiger partial charge in [0.1, 0.15) is 0 Å². The van der Waals surface area contributed by atoms with Crippen molar-refractivity contribution in [2.45, 2.75) is 71.8 Å². The van der Waals surface area contributed by atoms with Crippen molar-refractivity contribution in [3.05, 3.63) is 0 Å². The first-order chi connectivity index (χ1) is 6.18. The highest BCUT2D eigenvalue weighted by Gasteiger charge is 2.05. The minimum Gasteiger partial charge on any atom is -0.327 e. The summed E-state index contributed by atoms with van der Waals surface area (Å²) in [6.45, 7) is 6.68. The van der Waals surface area contributed by atoms with Gasteiger partial charge in [-0.2, -0.15) is 0 Å². The average molecular weight is 185 g/mol. The van der Waals surface area contributed by atoms with Gasteiger partial charge in [0.2, 0.25) is 0 Å². The first kappa shape index (κ1) is 13.0. The molecule has 0 saturated carbocycles. The highest BCUT2D eigenvalue weighted by molar-refractivity contribution is 4.64. The van der Waals surface area contributed by atoms with Gasteiger partial charge in [0.15, 0.2) is 0 Å². The Morgan fingerprint density at radius 1 is 0.923 bits per heavy atom. The molecule has 0 aromatic rings. The fourth-order valence-electron chi connectivity index (χ4n) is 1.49. The van der Waals surface area contributed by atoms with Crippen LogP contribution >= 0.6 is 0 Å². The minimum atomic E-state index is 0.422. The Labute approximate surface area is 84.1 Å². The van der Waals surface area contributed by atoms with E-state index in [0.29, 0.717) is 12.0 Å². The molecular weight excluding hydrogens is 158 g/mol. The summed E-state index contributed by atoms with van der Waals surface area (Å²) in [6, 6.07) is 0.422. The van der Waals surface area contributed by atoms with E-state index < -0.39 is 0 Å². The van der Waals surface area contributed by atoms with Crippen molar-refractivity contribution in [3.8, 4) is 0 Å². The van der Waals surface area contributed by atoms with E-state index in [-0.39, 0.29) is 0 Å². The zero-order valence-corrected chi connectivity index (χ0v) is 9.68. The van der Waals surface area contributed by atoms with Crippen LogP contribution < -0.4 is 5.73 Å². The molecule has 0 bridgehead atoms. The van der Waals surface area contributed by atoms with Gasteiger partial charge in [0.25, 0.3) is 0 Å². The molecular formula is C12H27N. The van der Waals surface area contributed by atoms with Crippen molar-refractivity contribution in [3.63, 3.8) is 0 Å². The average Bonchev–Trinajstić information content (AvgIpc) is 2.10. The molecule has 0 aromatic heterocycles. The third-order valence-electron chi connectivity index (χ3n) is 2.75. The lowest BCUT2D eigenvalue weighted by molar-refractivity contribution is 0.439. The van der Waals surface area contributed by atoms with Crippen LogP contribution in [0, 0.1) is 5.92 Å². The number of unbranched alkanes of at least 4 members (excludes halogenated alkanes) is 5. The van der Waals surface area contributed by atoms with E-state index in [0.717, 1.165) is 0 Å². The number of hydrogen-bond acceptors (Lipinski definition) is 1. The van der Waals surface area contributed by atoms with Gasteiger partial charge >= 0.3 is 0 Å². The Hall–Kier alpha value is -0.0400. The summed E-state index contributed by atoms with van der Waals surface area (Å²) < 4.78 is 0. The van der Waals surface area contributed by atoms with Crippen molar-refractivity contribution in [1.29, 1.82) is 0 Å². The second-order valence-corrected chi connectivity index (χ2v) is 4.46. The van der Waals surface area contributed by atoms with Crippen LogP contribution in [0.1, 0.15) is 65.7 Å². The summed E-state index contributed by atoms with van der Waals surface area (Å²) >= 11 is 0. The SMILES string of the molecule is CCCCCCCC[C@@H](N)C(C)C. The number of rotatable bonds is 8. The second-order valence-electron chi connectivity index (χ2n) is 4.46. The summed E-state index contributed by atoms with van der Waals surface area (Å²) in [5.41, 5.74) is 5.96. The minimum absolute atomic E-state index is 0.422. The molecule has 1 heteroatoms. The van der Waals surface area contributed by atoms with Crippen LogP contribution in [0.3, 0.4) is 0 Å². The Balaban J connectivity index is 3.07. The van der Waals surface area contributed by atoms with E-state index in [4.69, 9.17) is 5.73 Å². The fraction of sp³-hybridized carbons (Fsp3) is 1.00. The molecule has 0 radical (unpaired) electrons. The maximum Gasteiger partial charge on any atom is 0.00618 e. The lowest BCUT2D eigenvalue weighted by atomic mass is 9.98. The zero-order chi connectivity index (χ0) is 10.1. The number of nitrogens with two attached hydrogens (primary N) is 1. The molecule has 0 amide bonds. The zero-order valence-electron chi connectivity index (χ0n) is 9.68. The molecule has 1 atom stereocenters. The normalized spacial score (nSPS) is 13.6. The maximum absolute atomic E-state index is 5.96. The first-order valence-electron chi connectivity index (χ1n) is 5.94. The largest absolute Gasteiger partial charge is 0.327 e. The van der Waals surface area contributed by atoms with Gasteiger partial charge < -0.3 is 5.73 Å². The Bertz CT molecular complexity index is 99.3. The molecule has 0 fully saturated rings. The summed E-state index contributed by atoms with van der Waals surface area (Å²) in [7, 11) is 0. The second kappa shape index (κ2) is 8.55. The Morgan fingerprint density at radius 2 is 1.46 bits per heavy atom. The summed E-state index contributed by atoms with van der Waals surface area (Å²) in [5.74, 6) is 0.649. The van der Waals surface area contributed by atoms with E-state index in [2.05, 4.69) is 20.8 Å². The highest BCUT2D eigenvalue weighted by Crippen LogP contribution is 2.11. The van der Waals surface area contributed by atoms with Crippen LogP contribution in [-0.2, 0) is 0 Å². The molecule has 0 heterocycles. The molecule has 80 valence electrons. The van der Waals surface area contributed by atoms with Crippen molar-refractivity contribution in [1.82, 2.24) is 0 Å². The molecule has 2 N–H and O–H groups in total. The predicted molar refractivity (Wildman–Crippen MR) is 60.8 cm³/mol. The van der Waals surface area contributed by atoms with E-state index in [1.807, 2.05) is 0 Å². The molecule has 13 heavy (non-hydrogen) atoms. The molecule has 0 aliphatic rings. The van der Waals surface area contributed by atoms with Crippen LogP contribution in [0.15, 0.2) is 0 Å². The molecule has 0 aromatic carbocycles. The topological polar surface area (TPSA) is 26.0 Å². The van der Waals surface area contributed by atoms with Crippen molar-refractivity contribution in [2.24, 2.45) is 11.7 Å². The van der Waals surface area contributed by atoms with Crippen molar-refractivity contribution >= 4 is 0 Å². The number of hydrogen-bond donors (Lipinski definition) is 1. The molecule has 0 rings (SSSR count). The Kier molecular flexibility index (Phi) is 8.53. The van der Waals surface area contributed by atoms with Gasteiger partial charge in [-0.15, -0.1) is 0 Å². The van der Waals surface area contributed by atoms with Crippen LogP contribution in [0.5, 0.6) is 0 Å². The predicted octanol–water partition coefficient (Wildman–Crippen LogP) is 3.72. The van der Waals surface area contributed by atoms with Gasteiger partial charge in [-0.3, -0.25) is 0 Å². The first-order valence-corrected chi connectivity index (χ1v) is 5.94. The van der Waals surface area contributed by atoms with Crippen LogP contribution in [-0.4, -0.2) is 6.04 Å². The van der Waals surface area contributed by atoms with Gasteiger partial charge in [-0.1, -0.05) is 59.3 Å². The van der Waals surface area contributed by atoms with Crippen LogP contribution in [0.4, 0.5) is 0 Å². The smallest absolute Gasteiger partial charge is 0.00618 e. The molecule has 0 unspecified atom stereocenters. The van der Waals surface area contributed by atoms with Crippen molar-refractivity contribution in [2.75, 3.05) is 0 Å². The highest BCUT2D eigenvalue weighted by atomic mass is 14.6. The fourth-order valence-corrected chi connectivity index (χ4v) is 1.49. The van der Waals surface area contributed by atoms with Gasteiger partial charge in [-0.25, -0.2) is 0 Å². The van der Waals surface area contributed by atoms with Gasteiger partial charge in [-0.05, 0) is 12.3 Å². The van der Waals surface area contributed by atoms with Crippen LogP contribution in [0.25, 0.3) is 0 Å². The lowest BCUT2D eigenvalue weighted by Gasteiger charge is -2.14. The quantitative estimate of drug-likeness (QED) is 0.573. The molecule has 1 nitrogen and oxygen atoms in total. The molecule has 0 aliphatic carbocycles. The van der Waals surface area contributed by atoms with E-state index in [1.54, 1.807) is 0 Å². The van der Waals surface area contributed by atoms with Gasteiger partial charge in [0, 0.05) is 6.04 Å². The summed E-state index contributed by atoms with van der Waals surface area (Å²) in [6.07, 6.45) is 9.46. The standard InChI is InChI=1S/C12H27N/c1-4-5-6-7-8-9-10-12(13)11(2)3/h11-12H,4-10,13H2,1-3H3/t12-/m1/s1. The molecule has 0 aliphatic heterocycles. The third-order valence-corrected chi connectivity index (χ3v) is 2.75. The summed E-state index contributed by atoms with van der Waals surface area (Å²) in [4.78, 5) is 0. The van der Waals surface area contributed by atoms with Gasteiger partial charge in [0.05, 0.1) is 0 Å². The van der Waals surface area contributed by atoms with E-state index in [1.165, 1.54) is 44.9 Å². The molecule has 0 spiro atoms. The summed E-state index contributed by atoms with van der Waals surface area (Å²) in [5, 5.41) is 0. The van der Waals surface area contributed by atoms with Crippen molar-refractivity contribution < 1.29 is 0 Å². The van der Waals surface area contributed by atoms with E-state index >= 15 is 0 Å². The monoisotopic (exact) mass is 185 g/mol. The maximum atomic E-state index is 5.96. The third kappa shape index (κ3) is 8.29. The van der Waals surface area contributed by atoms with Crippen LogP contribution in [0.2, 0.25) is 0 Å². The Morgan fingerprint density at radius 3 is 2.00 bits per heavy atom. The molecule has 0 saturated heterocycles. The lowest BCUT2D eigenvalue weighted by Crippen LogP contribution is -2.25. The van der Waals surface area contributed by atoms with E-state index in [9.17, 15) is 0 Å².